The molecule has 2 aromatic carbocycles. The number of hydrogen-bond donors (Lipinski definition) is 3. The van der Waals surface area contributed by atoms with Crippen LogP contribution in [0.2, 0.25) is 5.02 Å². The molecule has 0 radical (unpaired) electrons. The lowest BCUT2D eigenvalue weighted by atomic mass is 9.81. The van der Waals surface area contributed by atoms with E-state index in [9.17, 15) is 4.79 Å². The second-order valence-electron chi connectivity index (χ2n) is 6.94. The largest absolute Gasteiger partial charge is 0.493 e. The fraction of sp³-hybridized carbons (Fsp3) is 0.435. The van der Waals surface area contributed by atoms with Gasteiger partial charge in [0.15, 0.2) is 11.5 Å². The number of methoxy groups -OCH3 is 2. The van der Waals surface area contributed by atoms with Gasteiger partial charge in [-0.3, -0.25) is 4.79 Å². The Bertz CT molecular complexity index is 851. The SMILES string of the molecule is CCC1C(=O)NC(c2c(N)cccc2Cl)c2cc(OC)c(OC)cc21.CCNCC. The van der Waals surface area contributed by atoms with Crippen molar-refractivity contribution in [3.05, 3.63) is 52.0 Å². The zero-order chi connectivity index (χ0) is 22.3. The monoisotopic (exact) mass is 433 g/mol. The molecule has 164 valence electrons. The molecule has 6 nitrogen and oxygen atoms in total. The van der Waals surface area contributed by atoms with Gasteiger partial charge in [0.25, 0.3) is 0 Å². The van der Waals surface area contributed by atoms with Gasteiger partial charge in [0, 0.05) is 16.3 Å². The highest BCUT2D eigenvalue weighted by Gasteiger charge is 2.35. The van der Waals surface area contributed by atoms with Crippen LogP contribution in [0.5, 0.6) is 11.5 Å². The number of ether oxygens (including phenoxy) is 2. The Kier molecular flexibility index (Phi) is 8.81. The van der Waals surface area contributed by atoms with Gasteiger partial charge in [-0.15, -0.1) is 0 Å². The van der Waals surface area contributed by atoms with Crippen LogP contribution in [0.4, 0.5) is 5.69 Å². The standard InChI is InChI=1S/C19H21ClN2O3.C4H11N/c1-4-10-11-8-15(24-2)16(25-3)9-12(11)18(22-19(10)23)17-13(20)6-5-7-14(17)21;1-3-5-4-2/h5-10,18H,4,21H2,1-3H3,(H,22,23);5H,3-4H2,1-2H3. The maximum Gasteiger partial charge on any atom is 0.228 e. The Morgan fingerprint density at radius 1 is 1.07 bits per heavy atom. The number of benzene rings is 2. The molecule has 30 heavy (non-hydrogen) atoms. The third kappa shape index (κ3) is 4.99. The second-order valence-corrected chi connectivity index (χ2v) is 7.35. The molecule has 0 saturated heterocycles. The predicted octanol–water partition coefficient (Wildman–Crippen LogP) is 4.27. The summed E-state index contributed by atoms with van der Waals surface area (Å²) >= 11 is 6.39. The van der Waals surface area contributed by atoms with Crippen LogP contribution in [0.1, 0.15) is 55.8 Å². The number of hydrogen-bond acceptors (Lipinski definition) is 5. The minimum Gasteiger partial charge on any atom is -0.493 e. The fourth-order valence-electron chi connectivity index (χ4n) is 3.67. The number of carbonyl (C=O) groups is 1. The first-order valence-corrected chi connectivity index (χ1v) is 10.6. The van der Waals surface area contributed by atoms with Gasteiger partial charge in [0.2, 0.25) is 5.91 Å². The molecule has 0 fully saturated rings. The van der Waals surface area contributed by atoms with Crippen molar-refractivity contribution in [2.75, 3.05) is 33.0 Å². The zero-order valence-corrected chi connectivity index (χ0v) is 19.1. The molecule has 3 rings (SSSR count). The van der Waals surface area contributed by atoms with Crippen molar-refractivity contribution in [3.8, 4) is 11.5 Å². The highest BCUT2D eigenvalue weighted by Crippen LogP contribution is 2.44. The molecular formula is C23H32ClN3O3. The molecule has 4 N–H and O–H groups in total. The molecule has 1 heterocycles. The van der Waals surface area contributed by atoms with E-state index in [4.69, 9.17) is 26.8 Å². The number of amides is 1. The van der Waals surface area contributed by atoms with Crippen LogP contribution in [0.3, 0.4) is 0 Å². The second kappa shape index (κ2) is 11.1. The number of nitrogens with one attached hydrogen (secondary N) is 2. The molecule has 0 bridgehead atoms. The third-order valence-corrected chi connectivity index (χ3v) is 5.49. The molecule has 0 aliphatic carbocycles. The average molecular weight is 434 g/mol. The minimum absolute atomic E-state index is 0.0495. The van der Waals surface area contributed by atoms with E-state index in [1.807, 2.05) is 19.1 Å². The van der Waals surface area contributed by atoms with Gasteiger partial charge in [-0.25, -0.2) is 0 Å². The van der Waals surface area contributed by atoms with Crippen molar-refractivity contribution >= 4 is 23.2 Å². The minimum atomic E-state index is -0.432. The molecule has 0 spiro atoms. The smallest absolute Gasteiger partial charge is 0.228 e. The zero-order valence-electron chi connectivity index (χ0n) is 18.3. The number of anilines is 1. The van der Waals surface area contributed by atoms with Gasteiger partial charge in [-0.2, -0.15) is 0 Å². The first-order chi connectivity index (χ1) is 14.4. The number of fused-ring (bicyclic) bond motifs is 1. The Labute approximate surface area is 184 Å². The van der Waals surface area contributed by atoms with Crippen molar-refractivity contribution < 1.29 is 14.3 Å². The summed E-state index contributed by atoms with van der Waals surface area (Å²) in [4.78, 5) is 12.7. The van der Waals surface area contributed by atoms with Crippen LogP contribution in [0.25, 0.3) is 0 Å². The summed E-state index contributed by atoms with van der Waals surface area (Å²) in [6.07, 6.45) is 0.680. The summed E-state index contributed by atoms with van der Waals surface area (Å²) in [5.41, 5.74) is 9.22. The van der Waals surface area contributed by atoms with Crippen LogP contribution in [-0.4, -0.2) is 33.2 Å². The van der Waals surface area contributed by atoms with Crippen LogP contribution in [0.15, 0.2) is 30.3 Å². The van der Waals surface area contributed by atoms with Crippen molar-refractivity contribution in [2.24, 2.45) is 0 Å². The van der Waals surface area contributed by atoms with E-state index < -0.39 is 6.04 Å². The molecule has 1 amide bonds. The molecule has 1 aliphatic rings. The highest BCUT2D eigenvalue weighted by atomic mass is 35.5. The molecule has 7 heteroatoms. The van der Waals surface area contributed by atoms with Gasteiger partial charge in [0.1, 0.15) is 0 Å². The molecular weight excluding hydrogens is 402 g/mol. The van der Waals surface area contributed by atoms with Crippen LogP contribution in [-0.2, 0) is 4.79 Å². The van der Waals surface area contributed by atoms with Crippen molar-refractivity contribution in [1.82, 2.24) is 10.6 Å². The van der Waals surface area contributed by atoms with Gasteiger partial charge >= 0.3 is 0 Å². The Morgan fingerprint density at radius 2 is 1.67 bits per heavy atom. The van der Waals surface area contributed by atoms with Gasteiger partial charge in [-0.05, 0) is 54.9 Å². The average Bonchev–Trinajstić information content (AvgIpc) is 2.73. The maximum atomic E-state index is 12.7. The molecule has 2 aromatic rings. The fourth-order valence-corrected chi connectivity index (χ4v) is 3.96. The lowest BCUT2D eigenvalue weighted by Crippen LogP contribution is -2.39. The number of nitrogen functional groups attached to an aromatic ring is 1. The summed E-state index contributed by atoms with van der Waals surface area (Å²) < 4.78 is 10.9. The number of halogens is 1. The van der Waals surface area contributed by atoms with E-state index >= 15 is 0 Å². The van der Waals surface area contributed by atoms with Crippen molar-refractivity contribution in [1.29, 1.82) is 0 Å². The van der Waals surface area contributed by atoms with E-state index in [-0.39, 0.29) is 11.8 Å². The predicted molar refractivity (Wildman–Crippen MR) is 123 cm³/mol. The Balaban J connectivity index is 0.000000575. The summed E-state index contributed by atoms with van der Waals surface area (Å²) in [6, 6.07) is 8.67. The molecule has 0 saturated carbocycles. The van der Waals surface area contributed by atoms with E-state index in [1.54, 1.807) is 32.4 Å². The highest BCUT2D eigenvalue weighted by molar-refractivity contribution is 6.31. The van der Waals surface area contributed by atoms with Gasteiger partial charge < -0.3 is 25.8 Å². The summed E-state index contributed by atoms with van der Waals surface area (Å²) in [6.45, 7) is 8.37. The Hall–Kier alpha value is -2.44. The maximum absolute atomic E-state index is 12.7. The quantitative estimate of drug-likeness (QED) is 0.592. The van der Waals surface area contributed by atoms with Crippen LogP contribution >= 0.6 is 11.6 Å². The first-order valence-electron chi connectivity index (χ1n) is 10.2. The number of rotatable bonds is 6. The lowest BCUT2D eigenvalue weighted by molar-refractivity contribution is -0.123. The molecule has 2 atom stereocenters. The van der Waals surface area contributed by atoms with E-state index in [2.05, 4.69) is 24.5 Å². The van der Waals surface area contributed by atoms with E-state index in [1.165, 1.54) is 0 Å². The van der Waals surface area contributed by atoms with Crippen molar-refractivity contribution in [3.63, 3.8) is 0 Å². The topological polar surface area (TPSA) is 85.6 Å². The molecule has 1 aliphatic heterocycles. The number of nitrogens with two attached hydrogens (primary N) is 1. The summed E-state index contributed by atoms with van der Waals surface area (Å²) in [5.74, 6) is 0.893. The first kappa shape index (κ1) is 23.8. The lowest BCUT2D eigenvalue weighted by Gasteiger charge is -2.33. The number of carbonyl (C=O) groups excluding carboxylic acids is 1. The van der Waals surface area contributed by atoms with E-state index in [0.29, 0.717) is 34.2 Å². The Morgan fingerprint density at radius 3 is 2.13 bits per heavy atom. The summed E-state index contributed by atoms with van der Waals surface area (Å²) in [5, 5.41) is 6.69. The summed E-state index contributed by atoms with van der Waals surface area (Å²) in [7, 11) is 3.17. The van der Waals surface area contributed by atoms with Gasteiger partial charge in [0.05, 0.1) is 26.2 Å². The van der Waals surface area contributed by atoms with Gasteiger partial charge in [-0.1, -0.05) is 38.4 Å². The molecule has 2 unspecified atom stereocenters. The molecule has 0 aromatic heterocycles. The third-order valence-electron chi connectivity index (χ3n) is 5.16. The van der Waals surface area contributed by atoms with Crippen molar-refractivity contribution in [2.45, 2.75) is 39.2 Å². The van der Waals surface area contributed by atoms with Crippen LogP contribution in [0, 0.1) is 0 Å². The van der Waals surface area contributed by atoms with E-state index in [0.717, 1.165) is 24.2 Å². The normalized spacial score (nSPS) is 17.3. The van der Waals surface area contributed by atoms with Crippen LogP contribution < -0.4 is 25.8 Å².